The van der Waals surface area contributed by atoms with Crippen LogP contribution in [0, 0.1) is 0 Å². The van der Waals surface area contributed by atoms with Gasteiger partial charge >= 0.3 is 0 Å². The molecule has 1 aliphatic carbocycles. The lowest BCUT2D eigenvalue weighted by molar-refractivity contribution is 0.767. The monoisotopic (exact) mass is 200 g/mol. The van der Waals surface area contributed by atoms with E-state index in [0.29, 0.717) is 4.83 Å². The summed E-state index contributed by atoms with van der Waals surface area (Å²) in [6.07, 6.45) is 5.31. The van der Waals surface area contributed by atoms with Crippen LogP contribution in [0.15, 0.2) is 12.4 Å². The molecule has 1 aromatic heterocycles. The molecule has 0 N–H and O–H groups in total. The lowest BCUT2D eigenvalue weighted by Crippen LogP contribution is -1.84. The summed E-state index contributed by atoms with van der Waals surface area (Å²) >= 11 is 3.56. The number of nitrogens with zero attached hydrogens (tertiary/aromatic N) is 2. The zero-order valence-electron chi connectivity index (χ0n) is 5.79. The molecule has 2 unspecified atom stereocenters. The van der Waals surface area contributed by atoms with Gasteiger partial charge in [-0.2, -0.15) is 5.10 Å². The molecular formula is C7H9BrN2. The zero-order valence-corrected chi connectivity index (χ0v) is 7.37. The lowest BCUT2D eigenvalue weighted by Gasteiger charge is -1.86. The van der Waals surface area contributed by atoms with Crippen LogP contribution in [0.3, 0.4) is 0 Å². The van der Waals surface area contributed by atoms with Crippen molar-refractivity contribution in [3.05, 3.63) is 18.0 Å². The highest BCUT2D eigenvalue weighted by atomic mass is 79.9. The molecular weight excluding hydrogens is 192 g/mol. The lowest BCUT2D eigenvalue weighted by atomic mass is 10.2. The van der Waals surface area contributed by atoms with Crippen molar-refractivity contribution in [1.82, 2.24) is 9.78 Å². The van der Waals surface area contributed by atoms with E-state index < -0.39 is 0 Å². The van der Waals surface area contributed by atoms with Crippen LogP contribution in [-0.2, 0) is 7.05 Å². The minimum atomic E-state index is 0.705. The van der Waals surface area contributed by atoms with E-state index in [-0.39, 0.29) is 0 Å². The van der Waals surface area contributed by atoms with Crippen LogP contribution in [0.25, 0.3) is 0 Å². The maximum absolute atomic E-state index is 4.11. The van der Waals surface area contributed by atoms with Crippen molar-refractivity contribution in [3.8, 4) is 0 Å². The van der Waals surface area contributed by atoms with Gasteiger partial charge in [0, 0.05) is 24.0 Å². The van der Waals surface area contributed by atoms with Gasteiger partial charge in [-0.05, 0) is 12.0 Å². The van der Waals surface area contributed by atoms with Crippen molar-refractivity contribution >= 4 is 15.9 Å². The van der Waals surface area contributed by atoms with E-state index in [2.05, 4.69) is 27.2 Å². The topological polar surface area (TPSA) is 17.8 Å². The van der Waals surface area contributed by atoms with Gasteiger partial charge < -0.3 is 0 Å². The predicted molar refractivity (Wildman–Crippen MR) is 43.3 cm³/mol. The number of aromatic nitrogens is 2. The largest absolute Gasteiger partial charge is 0.276 e. The summed E-state index contributed by atoms with van der Waals surface area (Å²) in [6.45, 7) is 0. The SMILES string of the molecule is Cn1cc(C2CC2Br)cn1. The Balaban J connectivity index is 2.20. The molecule has 1 fully saturated rings. The molecule has 2 rings (SSSR count). The molecule has 0 aromatic carbocycles. The van der Waals surface area contributed by atoms with Crippen LogP contribution < -0.4 is 0 Å². The molecule has 0 spiro atoms. The Morgan fingerprint density at radius 1 is 1.80 bits per heavy atom. The summed E-state index contributed by atoms with van der Waals surface area (Å²) in [6, 6.07) is 0. The first kappa shape index (κ1) is 6.40. The van der Waals surface area contributed by atoms with Gasteiger partial charge in [-0.3, -0.25) is 4.68 Å². The van der Waals surface area contributed by atoms with Crippen molar-refractivity contribution in [3.63, 3.8) is 0 Å². The highest BCUT2D eigenvalue weighted by molar-refractivity contribution is 9.09. The highest BCUT2D eigenvalue weighted by Gasteiger charge is 2.36. The van der Waals surface area contributed by atoms with E-state index in [9.17, 15) is 0 Å². The van der Waals surface area contributed by atoms with Crippen molar-refractivity contribution in [2.75, 3.05) is 0 Å². The van der Waals surface area contributed by atoms with E-state index >= 15 is 0 Å². The van der Waals surface area contributed by atoms with Gasteiger partial charge in [-0.25, -0.2) is 0 Å². The molecule has 0 amide bonds. The third-order valence-corrected chi connectivity index (χ3v) is 2.88. The first-order valence-electron chi connectivity index (χ1n) is 3.40. The van der Waals surface area contributed by atoms with E-state index in [1.54, 1.807) is 0 Å². The molecule has 1 saturated carbocycles. The quantitative estimate of drug-likeness (QED) is 0.632. The highest BCUT2D eigenvalue weighted by Crippen LogP contribution is 2.46. The van der Waals surface area contributed by atoms with Crippen LogP contribution in [-0.4, -0.2) is 14.6 Å². The van der Waals surface area contributed by atoms with Gasteiger partial charge in [-0.1, -0.05) is 15.9 Å². The Labute approximate surface area is 68.4 Å². The zero-order chi connectivity index (χ0) is 7.14. The number of halogens is 1. The minimum Gasteiger partial charge on any atom is -0.276 e. The Kier molecular flexibility index (Phi) is 1.34. The van der Waals surface area contributed by atoms with Gasteiger partial charge in [0.05, 0.1) is 6.20 Å². The van der Waals surface area contributed by atoms with Gasteiger partial charge in [0.15, 0.2) is 0 Å². The molecule has 0 radical (unpaired) electrons. The smallest absolute Gasteiger partial charge is 0.0524 e. The molecule has 2 nitrogen and oxygen atoms in total. The number of hydrogen-bond donors (Lipinski definition) is 0. The molecule has 54 valence electrons. The summed E-state index contributed by atoms with van der Waals surface area (Å²) in [5.74, 6) is 0.730. The second-order valence-electron chi connectivity index (χ2n) is 2.81. The fraction of sp³-hybridized carbons (Fsp3) is 0.571. The molecule has 3 heteroatoms. The van der Waals surface area contributed by atoms with Gasteiger partial charge in [0.25, 0.3) is 0 Å². The minimum absolute atomic E-state index is 0.705. The standard InChI is InChI=1S/C7H9BrN2/c1-10-4-5(3-9-10)6-2-7(6)8/h3-4,6-7H,2H2,1H3. The fourth-order valence-corrected chi connectivity index (χ4v) is 1.85. The summed E-state index contributed by atoms with van der Waals surface area (Å²) in [5.41, 5.74) is 1.37. The number of aryl methyl sites for hydroxylation is 1. The van der Waals surface area contributed by atoms with E-state index in [1.165, 1.54) is 12.0 Å². The average molecular weight is 201 g/mol. The molecule has 2 atom stereocenters. The summed E-state index contributed by atoms with van der Waals surface area (Å²) < 4.78 is 1.85. The second kappa shape index (κ2) is 2.09. The molecule has 1 aromatic rings. The van der Waals surface area contributed by atoms with E-state index in [4.69, 9.17) is 0 Å². The third-order valence-electron chi connectivity index (χ3n) is 1.87. The van der Waals surface area contributed by atoms with Crippen molar-refractivity contribution in [2.24, 2.45) is 7.05 Å². The maximum atomic E-state index is 4.11. The van der Waals surface area contributed by atoms with Crippen molar-refractivity contribution in [2.45, 2.75) is 17.2 Å². The first-order chi connectivity index (χ1) is 4.77. The first-order valence-corrected chi connectivity index (χ1v) is 4.31. The van der Waals surface area contributed by atoms with Gasteiger partial charge in [0.1, 0.15) is 0 Å². The van der Waals surface area contributed by atoms with Crippen LogP contribution in [0.5, 0.6) is 0 Å². The van der Waals surface area contributed by atoms with Crippen molar-refractivity contribution in [1.29, 1.82) is 0 Å². The van der Waals surface area contributed by atoms with Crippen molar-refractivity contribution < 1.29 is 0 Å². The summed E-state index contributed by atoms with van der Waals surface area (Å²) in [5, 5.41) is 4.11. The van der Waals surface area contributed by atoms with Crippen LogP contribution in [0.2, 0.25) is 0 Å². The third kappa shape index (κ3) is 0.985. The molecule has 1 heterocycles. The number of hydrogen-bond acceptors (Lipinski definition) is 1. The fourth-order valence-electron chi connectivity index (χ4n) is 1.14. The van der Waals surface area contributed by atoms with E-state index in [1.807, 2.05) is 17.9 Å². The Morgan fingerprint density at radius 3 is 2.90 bits per heavy atom. The Bertz CT molecular complexity index is 244. The van der Waals surface area contributed by atoms with Crippen LogP contribution in [0.4, 0.5) is 0 Å². The Morgan fingerprint density at radius 2 is 2.50 bits per heavy atom. The predicted octanol–water partition coefficient (Wildman–Crippen LogP) is 1.67. The van der Waals surface area contributed by atoms with E-state index in [0.717, 1.165) is 5.92 Å². The van der Waals surface area contributed by atoms with Crippen LogP contribution in [0.1, 0.15) is 17.9 Å². The molecule has 1 aliphatic rings. The maximum Gasteiger partial charge on any atom is 0.0524 e. The normalized spacial score (nSPS) is 30.6. The van der Waals surface area contributed by atoms with Gasteiger partial charge in [0.2, 0.25) is 0 Å². The summed E-state index contributed by atoms with van der Waals surface area (Å²) in [4.78, 5) is 0.705. The Hall–Kier alpha value is -0.310. The van der Waals surface area contributed by atoms with Gasteiger partial charge in [-0.15, -0.1) is 0 Å². The number of rotatable bonds is 1. The number of alkyl halides is 1. The summed E-state index contributed by atoms with van der Waals surface area (Å²) in [7, 11) is 1.95. The van der Waals surface area contributed by atoms with Crippen LogP contribution >= 0.6 is 15.9 Å². The molecule has 0 bridgehead atoms. The molecule has 0 aliphatic heterocycles. The molecule has 0 saturated heterocycles. The average Bonchev–Trinajstić information content (AvgIpc) is 2.42. The second-order valence-corrected chi connectivity index (χ2v) is 3.98. The molecule has 10 heavy (non-hydrogen) atoms.